The van der Waals surface area contributed by atoms with Crippen molar-refractivity contribution in [2.75, 3.05) is 26.9 Å². The molecule has 6 heteroatoms. The number of methoxy groups -OCH3 is 1. The quantitative estimate of drug-likeness (QED) is 0.863. The smallest absolute Gasteiger partial charge is 0.267 e. The Kier molecular flexibility index (Phi) is 4.03. The monoisotopic (exact) mass is 308 g/mol. The lowest BCUT2D eigenvalue weighted by Crippen LogP contribution is -2.28. The fourth-order valence-corrected chi connectivity index (χ4v) is 2.81. The molecule has 0 fully saturated rings. The van der Waals surface area contributed by atoms with Gasteiger partial charge < -0.3 is 19.4 Å². The summed E-state index contributed by atoms with van der Waals surface area (Å²) in [6.45, 7) is 2.43. The largest absolute Gasteiger partial charge is 0.490 e. The number of nitrogens with zero attached hydrogens (tertiary/aromatic N) is 1. The van der Waals surface area contributed by atoms with Gasteiger partial charge in [-0.1, -0.05) is 11.6 Å². The minimum Gasteiger partial charge on any atom is -0.490 e. The first-order valence-corrected chi connectivity index (χ1v) is 7.32. The topological polar surface area (TPSA) is 52.5 Å². The lowest BCUT2D eigenvalue weighted by molar-refractivity contribution is 0.0938. The average molecular weight is 309 g/mol. The van der Waals surface area contributed by atoms with Crippen LogP contribution >= 0.6 is 11.6 Å². The molecule has 0 unspecified atom stereocenters. The zero-order chi connectivity index (χ0) is 14.8. The standard InChI is InChI=1S/C15H17ClN2O3/c1-20-7-2-5-17-15(19)12-9-10-11(16)3-4-13-14(10)18(12)6-8-21-13/h3-4,9H,2,5-8H2,1H3,(H,17,19). The normalized spacial score (nSPS) is 13.2. The molecule has 1 aliphatic rings. The van der Waals surface area contributed by atoms with Crippen molar-refractivity contribution in [3.8, 4) is 5.75 Å². The van der Waals surface area contributed by atoms with E-state index in [0.717, 1.165) is 23.1 Å². The Morgan fingerprint density at radius 1 is 1.52 bits per heavy atom. The third-order valence-corrected chi connectivity index (χ3v) is 3.91. The van der Waals surface area contributed by atoms with Crippen LogP contribution < -0.4 is 10.1 Å². The van der Waals surface area contributed by atoms with Gasteiger partial charge in [0.25, 0.3) is 5.91 Å². The minimum atomic E-state index is -0.0915. The Morgan fingerprint density at radius 3 is 3.19 bits per heavy atom. The Hall–Kier alpha value is -1.72. The number of ether oxygens (including phenoxy) is 2. The molecule has 1 N–H and O–H groups in total. The van der Waals surface area contributed by atoms with Crippen LogP contribution in [0.5, 0.6) is 5.75 Å². The summed E-state index contributed by atoms with van der Waals surface area (Å²) in [5, 5.41) is 4.40. The van der Waals surface area contributed by atoms with Gasteiger partial charge >= 0.3 is 0 Å². The second-order valence-corrected chi connectivity index (χ2v) is 5.35. The number of hydrogen-bond donors (Lipinski definition) is 1. The summed E-state index contributed by atoms with van der Waals surface area (Å²) in [5.74, 6) is 0.685. The Balaban J connectivity index is 1.91. The molecule has 5 nitrogen and oxygen atoms in total. The summed E-state index contributed by atoms with van der Waals surface area (Å²) in [4.78, 5) is 12.3. The van der Waals surface area contributed by atoms with Crippen molar-refractivity contribution >= 4 is 28.4 Å². The van der Waals surface area contributed by atoms with Crippen molar-refractivity contribution in [1.82, 2.24) is 9.88 Å². The number of carbonyl (C=O) groups excluding carboxylic acids is 1. The molecule has 112 valence electrons. The summed E-state index contributed by atoms with van der Waals surface area (Å²) >= 11 is 6.23. The van der Waals surface area contributed by atoms with Crippen molar-refractivity contribution in [2.24, 2.45) is 0 Å². The maximum Gasteiger partial charge on any atom is 0.267 e. The zero-order valence-corrected chi connectivity index (χ0v) is 12.6. The van der Waals surface area contributed by atoms with Gasteiger partial charge in [-0.15, -0.1) is 0 Å². The summed E-state index contributed by atoms with van der Waals surface area (Å²) in [6, 6.07) is 5.48. The molecule has 0 atom stereocenters. The van der Waals surface area contributed by atoms with Gasteiger partial charge in [0.1, 0.15) is 18.1 Å². The maximum atomic E-state index is 12.3. The molecule has 0 saturated heterocycles. The molecule has 1 aromatic heterocycles. The summed E-state index contributed by atoms with van der Waals surface area (Å²) in [5.41, 5.74) is 1.52. The second kappa shape index (κ2) is 5.95. The summed E-state index contributed by atoms with van der Waals surface area (Å²) < 4.78 is 12.6. The minimum absolute atomic E-state index is 0.0915. The van der Waals surface area contributed by atoms with E-state index >= 15 is 0 Å². The van der Waals surface area contributed by atoms with E-state index in [9.17, 15) is 4.79 Å². The van der Waals surface area contributed by atoms with Crippen LogP contribution in [0.3, 0.4) is 0 Å². The molecule has 3 rings (SSSR count). The van der Waals surface area contributed by atoms with Gasteiger partial charge in [0.2, 0.25) is 0 Å². The van der Waals surface area contributed by atoms with Gasteiger partial charge in [0, 0.05) is 25.6 Å². The molecule has 1 amide bonds. The molecular formula is C15H17ClN2O3. The summed E-state index contributed by atoms with van der Waals surface area (Å²) in [7, 11) is 1.65. The number of nitrogens with one attached hydrogen (secondary N) is 1. The third-order valence-electron chi connectivity index (χ3n) is 3.58. The highest BCUT2D eigenvalue weighted by molar-refractivity contribution is 6.36. The number of benzene rings is 1. The predicted molar refractivity (Wildman–Crippen MR) is 81.3 cm³/mol. The number of rotatable bonds is 5. The van der Waals surface area contributed by atoms with E-state index in [1.54, 1.807) is 13.2 Å². The third kappa shape index (κ3) is 2.59. The average Bonchev–Trinajstić information content (AvgIpc) is 2.89. The molecular weight excluding hydrogens is 292 g/mol. The van der Waals surface area contributed by atoms with Gasteiger partial charge in [0.15, 0.2) is 0 Å². The van der Waals surface area contributed by atoms with Crippen LogP contribution in [0.4, 0.5) is 0 Å². The predicted octanol–water partition coefficient (Wildman–Crippen LogP) is 2.45. The van der Waals surface area contributed by atoms with Crippen LogP contribution in [0.1, 0.15) is 16.9 Å². The molecule has 2 heterocycles. The molecule has 1 aromatic carbocycles. The highest BCUT2D eigenvalue weighted by atomic mass is 35.5. The van der Waals surface area contributed by atoms with Crippen LogP contribution in [-0.4, -0.2) is 37.3 Å². The molecule has 2 aromatic rings. The first kappa shape index (κ1) is 14.2. The molecule has 21 heavy (non-hydrogen) atoms. The molecule has 0 aliphatic carbocycles. The van der Waals surface area contributed by atoms with E-state index < -0.39 is 0 Å². The van der Waals surface area contributed by atoms with Crippen molar-refractivity contribution in [2.45, 2.75) is 13.0 Å². The van der Waals surface area contributed by atoms with Gasteiger partial charge in [-0.05, 0) is 24.6 Å². The first-order chi connectivity index (χ1) is 10.2. The fourth-order valence-electron chi connectivity index (χ4n) is 2.61. The number of halogens is 1. The van der Waals surface area contributed by atoms with E-state index in [1.165, 1.54) is 0 Å². The number of aromatic nitrogens is 1. The Morgan fingerprint density at radius 2 is 2.38 bits per heavy atom. The zero-order valence-electron chi connectivity index (χ0n) is 11.8. The van der Waals surface area contributed by atoms with Crippen LogP contribution in [0.15, 0.2) is 18.2 Å². The first-order valence-electron chi connectivity index (χ1n) is 6.94. The molecule has 0 radical (unpaired) electrons. The maximum absolute atomic E-state index is 12.3. The van der Waals surface area contributed by atoms with Crippen molar-refractivity contribution in [3.05, 3.63) is 28.9 Å². The number of hydrogen-bond acceptors (Lipinski definition) is 3. The molecule has 0 bridgehead atoms. The van der Waals surface area contributed by atoms with Crippen LogP contribution in [0.2, 0.25) is 5.02 Å². The highest BCUT2D eigenvalue weighted by Gasteiger charge is 2.22. The van der Waals surface area contributed by atoms with Crippen LogP contribution in [-0.2, 0) is 11.3 Å². The lowest BCUT2D eigenvalue weighted by Gasteiger charge is -2.19. The fraction of sp³-hybridized carbons (Fsp3) is 0.400. The SMILES string of the molecule is COCCCNC(=O)c1cc2c(Cl)ccc3c2n1CCO3. The van der Waals surface area contributed by atoms with E-state index in [4.69, 9.17) is 21.1 Å². The molecule has 0 spiro atoms. The van der Waals surface area contributed by atoms with Crippen molar-refractivity contribution < 1.29 is 14.3 Å². The highest BCUT2D eigenvalue weighted by Crippen LogP contribution is 2.36. The van der Waals surface area contributed by atoms with Crippen molar-refractivity contribution in [3.63, 3.8) is 0 Å². The van der Waals surface area contributed by atoms with Gasteiger partial charge in [-0.2, -0.15) is 0 Å². The van der Waals surface area contributed by atoms with Gasteiger partial charge in [-0.25, -0.2) is 0 Å². The Bertz CT molecular complexity index is 681. The van der Waals surface area contributed by atoms with Gasteiger partial charge in [-0.3, -0.25) is 4.79 Å². The van der Waals surface area contributed by atoms with Crippen molar-refractivity contribution in [1.29, 1.82) is 0 Å². The number of amides is 1. The van der Waals surface area contributed by atoms with E-state index in [-0.39, 0.29) is 5.91 Å². The summed E-state index contributed by atoms with van der Waals surface area (Å²) in [6.07, 6.45) is 0.789. The van der Waals surface area contributed by atoms with Crippen LogP contribution in [0, 0.1) is 0 Å². The van der Waals surface area contributed by atoms with Crippen LogP contribution in [0.25, 0.3) is 10.9 Å². The lowest BCUT2D eigenvalue weighted by atomic mass is 10.2. The Labute approximate surface area is 127 Å². The number of carbonyl (C=O) groups is 1. The molecule has 0 saturated carbocycles. The van der Waals surface area contributed by atoms with E-state index in [0.29, 0.717) is 37.0 Å². The molecule has 1 aliphatic heterocycles. The van der Waals surface area contributed by atoms with E-state index in [2.05, 4.69) is 5.32 Å². The van der Waals surface area contributed by atoms with Gasteiger partial charge in [0.05, 0.1) is 17.1 Å². The second-order valence-electron chi connectivity index (χ2n) is 4.94. The van der Waals surface area contributed by atoms with E-state index in [1.807, 2.05) is 16.7 Å².